The van der Waals surface area contributed by atoms with Gasteiger partial charge in [-0.05, 0) is 61.2 Å². The third kappa shape index (κ3) is 5.87. The molecule has 0 fully saturated rings. The van der Waals surface area contributed by atoms with Gasteiger partial charge in [-0.25, -0.2) is 5.43 Å². The number of amides is 2. The highest BCUT2D eigenvalue weighted by molar-refractivity contribution is 6.05. The van der Waals surface area contributed by atoms with E-state index in [1.54, 1.807) is 36.5 Å². The molecule has 0 aliphatic heterocycles. The van der Waals surface area contributed by atoms with Crippen molar-refractivity contribution in [2.75, 3.05) is 5.32 Å². The number of hydrogen-bond acceptors (Lipinski definition) is 3. The molecule has 2 N–H and O–H groups in total. The summed E-state index contributed by atoms with van der Waals surface area (Å²) in [4.78, 5) is 24.5. The highest BCUT2D eigenvalue weighted by Gasteiger charge is 2.09. The van der Waals surface area contributed by atoms with E-state index >= 15 is 0 Å². The summed E-state index contributed by atoms with van der Waals surface area (Å²) in [6, 6.07) is 24.2. The van der Waals surface area contributed by atoms with Gasteiger partial charge < -0.3 is 5.32 Å². The summed E-state index contributed by atoms with van der Waals surface area (Å²) in [6.07, 6.45) is 3.31. The first-order valence-electron chi connectivity index (χ1n) is 9.46. The van der Waals surface area contributed by atoms with Crippen LogP contribution in [0.1, 0.15) is 38.3 Å². The molecule has 0 heterocycles. The molecule has 5 heteroatoms. The van der Waals surface area contributed by atoms with E-state index in [0.717, 1.165) is 18.4 Å². The van der Waals surface area contributed by atoms with Gasteiger partial charge in [-0.2, -0.15) is 5.10 Å². The monoisotopic (exact) mass is 385 g/mol. The predicted octanol–water partition coefficient (Wildman–Crippen LogP) is 4.60. The minimum Gasteiger partial charge on any atom is -0.322 e. The minimum absolute atomic E-state index is 0.177. The number of hydrazone groups is 1. The summed E-state index contributed by atoms with van der Waals surface area (Å²) < 4.78 is 0. The van der Waals surface area contributed by atoms with E-state index in [1.807, 2.05) is 43.3 Å². The van der Waals surface area contributed by atoms with Crippen LogP contribution in [-0.2, 0) is 6.42 Å². The number of aryl methyl sites for hydroxylation is 2. The Bertz CT molecular complexity index is 996. The first-order chi connectivity index (χ1) is 14.1. The molecule has 0 aromatic heterocycles. The van der Waals surface area contributed by atoms with Gasteiger partial charge in [0.05, 0.1) is 0 Å². The standard InChI is InChI=1S/C24H23N3O2/c1-18-8-5-6-12-22(18)24(29)26-21-15-13-20(14-16-21)23(28)27-25-17-7-11-19-9-3-2-4-10-19/h2-6,8-10,12-17H,7,11H2,1H3,(H,26,29)(H,27,28)/b25-17+. The van der Waals surface area contributed by atoms with Crippen LogP contribution in [0.3, 0.4) is 0 Å². The van der Waals surface area contributed by atoms with Crippen molar-refractivity contribution < 1.29 is 9.59 Å². The third-order valence-corrected chi connectivity index (χ3v) is 4.46. The van der Waals surface area contributed by atoms with Crippen LogP contribution in [-0.4, -0.2) is 18.0 Å². The molecule has 3 aromatic carbocycles. The van der Waals surface area contributed by atoms with Gasteiger partial charge in [0.2, 0.25) is 0 Å². The van der Waals surface area contributed by atoms with Crippen molar-refractivity contribution in [2.24, 2.45) is 5.10 Å². The summed E-state index contributed by atoms with van der Waals surface area (Å²) in [5.74, 6) is -0.471. The number of hydrogen-bond donors (Lipinski definition) is 2. The maximum atomic E-state index is 12.3. The van der Waals surface area contributed by atoms with Crippen molar-refractivity contribution in [1.82, 2.24) is 5.43 Å². The quantitative estimate of drug-likeness (QED) is 0.461. The summed E-state index contributed by atoms with van der Waals surface area (Å²) in [7, 11) is 0. The molecule has 0 saturated carbocycles. The van der Waals surface area contributed by atoms with Crippen LogP contribution >= 0.6 is 0 Å². The van der Waals surface area contributed by atoms with Gasteiger partial charge >= 0.3 is 0 Å². The lowest BCUT2D eigenvalue weighted by Crippen LogP contribution is -2.18. The van der Waals surface area contributed by atoms with Crippen LogP contribution < -0.4 is 10.7 Å². The van der Waals surface area contributed by atoms with E-state index in [0.29, 0.717) is 16.8 Å². The van der Waals surface area contributed by atoms with E-state index in [9.17, 15) is 9.59 Å². The minimum atomic E-state index is -0.294. The van der Waals surface area contributed by atoms with Crippen molar-refractivity contribution >= 4 is 23.7 Å². The molecule has 3 rings (SSSR count). The maximum Gasteiger partial charge on any atom is 0.271 e. The van der Waals surface area contributed by atoms with Gasteiger partial charge in [0.25, 0.3) is 11.8 Å². The lowest BCUT2D eigenvalue weighted by molar-refractivity contribution is 0.0954. The number of nitrogens with zero attached hydrogens (tertiary/aromatic N) is 1. The molecular weight excluding hydrogens is 362 g/mol. The lowest BCUT2D eigenvalue weighted by Gasteiger charge is -2.08. The van der Waals surface area contributed by atoms with Gasteiger partial charge in [0, 0.05) is 23.0 Å². The van der Waals surface area contributed by atoms with Crippen molar-refractivity contribution in [2.45, 2.75) is 19.8 Å². The smallest absolute Gasteiger partial charge is 0.271 e. The van der Waals surface area contributed by atoms with Gasteiger partial charge in [-0.3, -0.25) is 9.59 Å². The second kappa shape index (κ2) is 9.99. The Kier molecular flexibility index (Phi) is 6.90. The van der Waals surface area contributed by atoms with Crippen molar-refractivity contribution in [3.8, 4) is 0 Å². The SMILES string of the molecule is Cc1ccccc1C(=O)Nc1ccc(C(=O)N/N=C/CCc2ccccc2)cc1. The molecule has 0 bridgehead atoms. The molecule has 0 unspecified atom stereocenters. The maximum absolute atomic E-state index is 12.3. The fourth-order valence-electron chi connectivity index (χ4n) is 2.84. The number of rotatable bonds is 7. The summed E-state index contributed by atoms with van der Waals surface area (Å²) >= 11 is 0. The highest BCUT2D eigenvalue weighted by atomic mass is 16.2. The molecule has 146 valence electrons. The average molecular weight is 385 g/mol. The van der Waals surface area contributed by atoms with Crippen molar-refractivity contribution in [1.29, 1.82) is 0 Å². The molecule has 0 atom stereocenters. The lowest BCUT2D eigenvalue weighted by atomic mass is 10.1. The zero-order valence-corrected chi connectivity index (χ0v) is 16.3. The van der Waals surface area contributed by atoms with Crippen LogP contribution in [0.4, 0.5) is 5.69 Å². The van der Waals surface area contributed by atoms with Gasteiger partial charge in [0.15, 0.2) is 0 Å². The molecule has 0 spiro atoms. The average Bonchev–Trinajstić information content (AvgIpc) is 2.75. The van der Waals surface area contributed by atoms with Crippen molar-refractivity contribution in [3.63, 3.8) is 0 Å². The van der Waals surface area contributed by atoms with Crippen LogP contribution in [0.2, 0.25) is 0 Å². The van der Waals surface area contributed by atoms with Crippen LogP contribution in [0.15, 0.2) is 84.0 Å². The highest BCUT2D eigenvalue weighted by Crippen LogP contribution is 2.13. The summed E-state index contributed by atoms with van der Waals surface area (Å²) in [5, 5.41) is 6.83. The predicted molar refractivity (Wildman–Crippen MR) is 116 cm³/mol. The Labute approximate surface area is 170 Å². The number of carbonyl (C=O) groups is 2. The normalized spacial score (nSPS) is 10.7. The first kappa shape index (κ1) is 20.0. The Hall–Kier alpha value is -3.73. The fourth-order valence-corrected chi connectivity index (χ4v) is 2.84. The largest absolute Gasteiger partial charge is 0.322 e. The van der Waals surface area contributed by atoms with Crippen LogP contribution in [0.5, 0.6) is 0 Å². The second-order valence-corrected chi connectivity index (χ2v) is 6.62. The van der Waals surface area contributed by atoms with Crippen LogP contribution in [0, 0.1) is 6.92 Å². The Morgan fingerprint density at radius 1 is 0.862 bits per heavy atom. The third-order valence-electron chi connectivity index (χ3n) is 4.46. The second-order valence-electron chi connectivity index (χ2n) is 6.62. The van der Waals surface area contributed by atoms with Gasteiger partial charge in [0.1, 0.15) is 0 Å². The molecular formula is C24H23N3O2. The van der Waals surface area contributed by atoms with Crippen molar-refractivity contribution in [3.05, 3.63) is 101 Å². The van der Waals surface area contributed by atoms with Crippen LogP contribution in [0.25, 0.3) is 0 Å². The number of benzene rings is 3. The Morgan fingerprint density at radius 3 is 2.28 bits per heavy atom. The topological polar surface area (TPSA) is 70.6 Å². The summed E-state index contributed by atoms with van der Waals surface area (Å²) in [5.41, 5.74) is 6.38. The number of nitrogens with one attached hydrogen (secondary N) is 2. The molecule has 29 heavy (non-hydrogen) atoms. The Morgan fingerprint density at radius 2 is 1.55 bits per heavy atom. The fraction of sp³-hybridized carbons (Fsp3) is 0.125. The molecule has 0 saturated heterocycles. The van der Waals surface area contributed by atoms with Gasteiger partial charge in [-0.1, -0.05) is 48.5 Å². The first-order valence-corrected chi connectivity index (χ1v) is 9.46. The zero-order chi connectivity index (χ0) is 20.5. The molecule has 3 aromatic rings. The molecule has 2 amide bonds. The zero-order valence-electron chi connectivity index (χ0n) is 16.3. The summed E-state index contributed by atoms with van der Waals surface area (Å²) in [6.45, 7) is 1.89. The molecule has 0 aliphatic carbocycles. The van der Waals surface area contributed by atoms with E-state index in [1.165, 1.54) is 5.56 Å². The Balaban J connectivity index is 1.49. The van der Waals surface area contributed by atoms with E-state index in [-0.39, 0.29) is 11.8 Å². The molecule has 0 aliphatic rings. The van der Waals surface area contributed by atoms with E-state index in [4.69, 9.17) is 0 Å². The number of anilines is 1. The number of carbonyl (C=O) groups excluding carboxylic acids is 2. The van der Waals surface area contributed by atoms with Gasteiger partial charge in [-0.15, -0.1) is 0 Å². The molecule has 5 nitrogen and oxygen atoms in total. The van der Waals surface area contributed by atoms with E-state index < -0.39 is 0 Å². The van der Waals surface area contributed by atoms with E-state index in [2.05, 4.69) is 28.0 Å². The molecule has 0 radical (unpaired) electrons.